The summed E-state index contributed by atoms with van der Waals surface area (Å²) in [4.78, 5) is 20.8. The lowest BCUT2D eigenvalue weighted by Crippen LogP contribution is -2.13. The Kier molecular flexibility index (Phi) is 5.66. The molecule has 0 bridgehead atoms. The predicted molar refractivity (Wildman–Crippen MR) is 107 cm³/mol. The Bertz CT molecular complexity index is 902. The van der Waals surface area contributed by atoms with Crippen LogP contribution in [0.5, 0.6) is 5.75 Å². The average Bonchev–Trinajstić information content (AvgIpc) is 2.63. The molecular weight excluding hydrogens is 340 g/mol. The van der Waals surface area contributed by atoms with Crippen molar-refractivity contribution >= 4 is 23.2 Å². The Hall–Kier alpha value is -3.41. The van der Waals surface area contributed by atoms with Gasteiger partial charge in [-0.15, -0.1) is 0 Å². The van der Waals surface area contributed by atoms with Crippen molar-refractivity contribution in [2.45, 2.75) is 20.8 Å². The first kappa shape index (κ1) is 18.4. The highest BCUT2D eigenvalue weighted by atomic mass is 16.5. The summed E-state index contributed by atoms with van der Waals surface area (Å²) < 4.78 is 5.39. The fourth-order valence-electron chi connectivity index (χ4n) is 2.69. The molecule has 0 radical (unpaired) electrons. The fourth-order valence-corrected chi connectivity index (χ4v) is 2.69. The number of nitrogens with zero attached hydrogens (tertiary/aromatic N) is 2. The topological polar surface area (TPSA) is 76.1 Å². The molecule has 0 unspecified atom stereocenters. The van der Waals surface area contributed by atoms with E-state index in [9.17, 15) is 4.79 Å². The molecule has 2 aromatic carbocycles. The van der Waals surface area contributed by atoms with Gasteiger partial charge < -0.3 is 15.4 Å². The summed E-state index contributed by atoms with van der Waals surface area (Å²) in [5.41, 5.74) is 4.29. The van der Waals surface area contributed by atoms with E-state index in [0.717, 1.165) is 22.6 Å². The van der Waals surface area contributed by atoms with Crippen LogP contribution in [0, 0.1) is 13.8 Å². The highest BCUT2D eigenvalue weighted by Crippen LogP contribution is 2.18. The van der Waals surface area contributed by atoms with Crippen LogP contribution in [-0.4, -0.2) is 22.5 Å². The van der Waals surface area contributed by atoms with Gasteiger partial charge in [-0.25, -0.2) is 9.97 Å². The van der Waals surface area contributed by atoms with Crippen molar-refractivity contribution in [2.75, 3.05) is 17.2 Å². The number of carbonyl (C=O) groups excluding carboxylic acids is 1. The number of hydrogen-bond acceptors (Lipinski definition) is 5. The zero-order chi connectivity index (χ0) is 19.2. The van der Waals surface area contributed by atoms with Gasteiger partial charge >= 0.3 is 0 Å². The molecule has 6 heteroatoms. The lowest BCUT2D eigenvalue weighted by atomic mass is 10.1. The van der Waals surface area contributed by atoms with Gasteiger partial charge in [0.15, 0.2) is 0 Å². The molecule has 0 aliphatic carbocycles. The van der Waals surface area contributed by atoms with E-state index in [-0.39, 0.29) is 5.91 Å². The first-order valence-electron chi connectivity index (χ1n) is 8.75. The molecule has 0 atom stereocenters. The third-order valence-electron chi connectivity index (χ3n) is 3.82. The number of aromatic nitrogens is 2. The second kappa shape index (κ2) is 8.31. The van der Waals surface area contributed by atoms with Crippen LogP contribution in [0.25, 0.3) is 0 Å². The van der Waals surface area contributed by atoms with E-state index in [1.54, 1.807) is 12.1 Å². The molecule has 0 fully saturated rings. The minimum atomic E-state index is -0.267. The first-order chi connectivity index (χ1) is 13.0. The second-order valence-corrected chi connectivity index (χ2v) is 6.21. The summed E-state index contributed by atoms with van der Waals surface area (Å²) in [6.45, 7) is 6.60. The van der Waals surface area contributed by atoms with E-state index in [4.69, 9.17) is 4.74 Å². The van der Waals surface area contributed by atoms with Crippen molar-refractivity contribution in [3.8, 4) is 5.75 Å². The van der Waals surface area contributed by atoms with Crippen molar-refractivity contribution in [1.29, 1.82) is 0 Å². The maximum Gasteiger partial charge on any atom is 0.258 e. The standard InChI is InChI=1S/C21H22N4O2/c1-4-27-19-7-5-17(6-8-19)24-20(26)16-12-22-21(23-13-16)25-18-10-14(2)9-15(3)11-18/h5-13H,4H2,1-3H3,(H,24,26)(H,22,23,25). The quantitative estimate of drug-likeness (QED) is 0.676. The van der Waals surface area contributed by atoms with Crippen LogP contribution >= 0.6 is 0 Å². The molecule has 27 heavy (non-hydrogen) atoms. The van der Waals surface area contributed by atoms with Gasteiger partial charge in [0.1, 0.15) is 5.75 Å². The predicted octanol–water partition coefficient (Wildman–Crippen LogP) is 4.49. The highest BCUT2D eigenvalue weighted by Gasteiger charge is 2.08. The molecule has 3 rings (SSSR count). The first-order valence-corrected chi connectivity index (χ1v) is 8.75. The molecule has 0 saturated heterocycles. The minimum absolute atomic E-state index is 0.267. The maximum absolute atomic E-state index is 12.3. The molecule has 1 aromatic heterocycles. The van der Waals surface area contributed by atoms with Gasteiger partial charge in [0, 0.05) is 23.8 Å². The lowest BCUT2D eigenvalue weighted by Gasteiger charge is -2.09. The van der Waals surface area contributed by atoms with E-state index in [1.807, 2.05) is 45.0 Å². The van der Waals surface area contributed by atoms with Gasteiger partial charge in [0.05, 0.1) is 12.2 Å². The zero-order valence-electron chi connectivity index (χ0n) is 15.6. The van der Waals surface area contributed by atoms with Crippen LogP contribution in [-0.2, 0) is 0 Å². The van der Waals surface area contributed by atoms with Crippen LogP contribution in [0.1, 0.15) is 28.4 Å². The largest absolute Gasteiger partial charge is 0.494 e. The molecule has 0 aliphatic rings. The van der Waals surface area contributed by atoms with E-state index in [0.29, 0.717) is 23.8 Å². The summed E-state index contributed by atoms with van der Waals surface area (Å²) >= 11 is 0. The molecular formula is C21H22N4O2. The zero-order valence-corrected chi connectivity index (χ0v) is 15.6. The number of anilines is 3. The third-order valence-corrected chi connectivity index (χ3v) is 3.82. The van der Waals surface area contributed by atoms with E-state index >= 15 is 0 Å². The molecule has 0 saturated carbocycles. The molecule has 1 heterocycles. The Balaban J connectivity index is 1.64. The molecule has 3 aromatic rings. The van der Waals surface area contributed by atoms with Crippen molar-refractivity contribution in [3.63, 3.8) is 0 Å². The fraction of sp³-hybridized carbons (Fsp3) is 0.190. The Morgan fingerprint density at radius 2 is 1.59 bits per heavy atom. The summed E-state index contributed by atoms with van der Waals surface area (Å²) in [7, 11) is 0. The van der Waals surface area contributed by atoms with Crippen LogP contribution in [0.15, 0.2) is 54.9 Å². The van der Waals surface area contributed by atoms with Gasteiger partial charge in [-0.05, 0) is 68.3 Å². The molecule has 2 N–H and O–H groups in total. The maximum atomic E-state index is 12.3. The number of carbonyl (C=O) groups is 1. The van der Waals surface area contributed by atoms with Gasteiger partial charge in [-0.3, -0.25) is 4.79 Å². The number of rotatable bonds is 6. The highest BCUT2D eigenvalue weighted by molar-refractivity contribution is 6.03. The van der Waals surface area contributed by atoms with Crippen molar-refractivity contribution in [2.24, 2.45) is 0 Å². The molecule has 0 spiro atoms. The molecule has 6 nitrogen and oxygen atoms in total. The smallest absolute Gasteiger partial charge is 0.258 e. The number of amides is 1. The average molecular weight is 362 g/mol. The Labute approximate surface area is 158 Å². The summed E-state index contributed by atoms with van der Waals surface area (Å²) in [6.07, 6.45) is 3.00. The van der Waals surface area contributed by atoms with Crippen molar-refractivity contribution < 1.29 is 9.53 Å². The normalized spacial score (nSPS) is 10.3. The van der Waals surface area contributed by atoms with E-state index in [2.05, 4.69) is 26.7 Å². The minimum Gasteiger partial charge on any atom is -0.494 e. The summed E-state index contributed by atoms with van der Waals surface area (Å²) in [6, 6.07) is 13.3. The van der Waals surface area contributed by atoms with Crippen LogP contribution in [0.4, 0.5) is 17.3 Å². The van der Waals surface area contributed by atoms with Gasteiger partial charge in [0.25, 0.3) is 5.91 Å². The van der Waals surface area contributed by atoms with Crippen LogP contribution < -0.4 is 15.4 Å². The number of nitrogens with one attached hydrogen (secondary N) is 2. The number of ether oxygens (including phenoxy) is 1. The Morgan fingerprint density at radius 3 is 2.19 bits per heavy atom. The Morgan fingerprint density at radius 1 is 0.963 bits per heavy atom. The monoisotopic (exact) mass is 362 g/mol. The SMILES string of the molecule is CCOc1ccc(NC(=O)c2cnc(Nc3cc(C)cc(C)c3)nc2)cc1. The van der Waals surface area contributed by atoms with Gasteiger partial charge in [-0.2, -0.15) is 0 Å². The summed E-state index contributed by atoms with van der Waals surface area (Å²) in [5.74, 6) is 0.940. The molecule has 1 amide bonds. The van der Waals surface area contributed by atoms with Crippen molar-refractivity contribution in [3.05, 3.63) is 71.5 Å². The number of hydrogen-bond donors (Lipinski definition) is 2. The van der Waals surface area contributed by atoms with Crippen LogP contribution in [0.3, 0.4) is 0 Å². The second-order valence-electron chi connectivity index (χ2n) is 6.21. The number of benzene rings is 2. The van der Waals surface area contributed by atoms with Crippen LogP contribution in [0.2, 0.25) is 0 Å². The lowest BCUT2D eigenvalue weighted by molar-refractivity contribution is 0.102. The van der Waals surface area contributed by atoms with E-state index in [1.165, 1.54) is 12.4 Å². The van der Waals surface area contributed by atoms with Gasteiger partial charge in [-0.1, -0.05) is 6.07 Å². The van der Waals surface area contributed by atoms with E-state index < -0.39 is 0 Å². The van der Waals surface area contributed by atoms with Gasteiger partial charge in [0.2, 0.25) is 5.95 Å². The number of aryl methyl sites for hydroxylation is 2. The third kappa shape index (κ3) is 5.04. The van der Waals surface area contributed by atoms with Crippen molar-refractivity contribution in [1.82, 2.24) is 9.97 Å². The molecule has 0 aliphatic heterocycles. The molecule has 138 valence electrons. The summed E-state index contributed by atoms with van der Waals surface area (Å²) in [5, 5.41) is 5.97.